The van der Waals surface area contributed by atoms with Gasteiger partial charge >= 0.3 is 12.0 Å². The average Bonchev–Trinajstić information content (AvgIpc) is 2.70. The van der Waals surface area contributed by atoms with Gasteiger partial charge in [0.2, 0.25) is 0 Å². The molecule has 0 unspecified atom stereocenters. The molecule has 0 aromatic heterocycles. The van der Waals surface area contributed by atoms with E-state index < -0.39 is 5.97 Å². The minimum atomic E-state index is -0.433. The molecule has 0 spiro atoms. The van der Waals surface area contributed by atoms with Gasteiger partial charge in [0.25, 0.3) is 0 Å². The van der Waals surface area contributed by atoms with Crippen LogP contribution in [-0.4, -0.2) is 18.6 Å². The van der Waals surface area contributed by atoms with Gasteiger partial charge in [-0.15, -0.1) is 0 Å². The van der Waals surface area contributed by atoms with Crippen molar-refractivity contribution in [1.82, 2.24) is 5.32 Å². The fourth-order valence-corrected chi connectivity index (χ4v) is 1.63. The standard InChI is InChI=1S/C13H14N2O3/c1-8-4-3-5-11(9(8)2)15-13(17)14-10-6-12(16)18-7-10/h3-6H,7H2,1-2H3,(H2,14,15,17). The summed E-state index contributed by atoms with van der Waals surface area (Å²) in [5.74, 6) is -0.433. The maximum atomic E-state index is 11.7. The Hall–Kier alpha value is -2.30. The van der Waals surface area contributed by atoms with Crippen LogP contribution in [0.5, 0.6) is 0 Å². The van der Waals surface area contributed by atoms with Gasteiger partial charge in [0.1, 0.15) is 6.61 Å². The second-order valence-electron chi connectivity index (χ2n) is 4.10. The number of esters is 1. The number of hydrogen-bond acceptors (Lipinski definition) is 3. The number of carbonyl (C=O) groups excluding carboxylic acids is 2. The lowest BCUT2D eigenvalue weighted by Gasteiger charge is -2.11. The molecule has 2 N–H and O–H groups in total. The molecule has 1 aromatic rings. The second kappa shape index (κ2) is 4.91. The molecule has 1 heterocycles. The van der Waals surface area contributed by atoms with Crippen LogP contribution in [0.2, 0.25) is 0 Å². The number of aryl methyl sites for hydroxylation is 1. The van der Waals surface area contributed by atoms with E-state index in [1.54, 1.807) is 0 Å². The molecular weight excluding hydrogens is 232 g/mol. The normalized spacial score (nSPS) is 13.9. The van der Waals surface area contributed by atoms with Gasteiger partial charge in [-0.25, -0.2) is 9.59 Å². The van der Waals surface area contributed by atoms with E-state index >= 15 is 0 Å². The molecule has 1 aliphatic rings. The smallest absolute Gasteiger partial charge is 0.333 e. The Labute approximate surface area is 105 Å². The molecule has 0 fully saturated rings. The van der Waals surface area contributed by atoms with Gasteiger partial charge in [0.15, 0.2) is 0 Å². The molecule has 18 heavy (non-hydrogen) atoms. The number of amides is 2. The monoisotopic (exact) mass is 246 g/mol. The van der Waals surface area contributed by atoms with Gasteiger partial charge in [-0.2, -0.15) is 0 Å². The molecule has 94 valence electrons. The van der Waals surface area contributed by atoms with Crippen molar-refractivity contribution >= 4 is 17.7 Å². The predicted molar refractivity (Wildman–Crippen MR) is 67.1 cm³/mol. The van der Waals surface area contributed by atoms with Gasteiger partial charge in [-0.3, -0.25) is 0 Å². The van der Waals surface area contributed by atoms with E-state index in [4.69, 9.17) is 0 Å². The molecule has 0 radical (unpaired) electrons. The van der Waals surface area contributed by atoms with Crippen molar-refractivity contribution in [3.63, 3.8) is 0 Å². The fraction of sp³-hybridized carbons (Fsp3) is 0.231. The third-order valence-corrected chi connectivity index (χ3v) is 2.79. The van der Waals surface area contributed by atoms with E-state index in [0.717, 1.165) is 16.8 Å². The summed E-state index contributed by atoms with van der Waals surface area (Å²) in [7, 11) is 0. The van der Waals surface area contributed by atoms with Crippen LogP contribution in [0.25, 0.3) is 0 Å². The molecule has 5 heteroatoms. The molecule has 0 saturated heterocycles. The Kier molecular flexibility index (Phi) is 3.32. The van der Waals surface area contributed by atoms with Crippen LogP contribution in [0.1, 0.15) is 11.1 Å². The summed E-state index contributed by atoms with van der Waals surface area (Å²) in [6.45, 7) is 4.02. The molecule has 0 bridgehead atoms. The Bertz CT molecular complexity index is 535. The molecule has 1 aliphatic heterocycles. The first-order chi connectivity index (χ1) is 8.56. The van der Waals surface area contributed by atoms with E-state index in [2.05, 4.69) is 15.4 Å². The number of hydrogen-bond donors (Lipinski definition) is 2. The Morgan fingerprint density at radius 3 is 2.72 bits per heavy atom. The van der Waals surface area contributed by atoms with Crippen molar-refractivity contribution in [3.05, 3.63) is 41.1 Å². The van der Waals surface area contributed by atoms with E-state index in [1.807, 2.05) is 32.0 Å². The number of rotatable bonds is 2. The molecule has 5 nitrogen and oxygen atoms in total. The SMILES string of the molecule is Cc1cccc(NC(=O)NC2=CC(=O)OC2)c1C. The topological polar surface area (TPSA) is 67.4 Å². The summed E-state index contributed by atoms with van der Waals surface area (Å²) in [6.07, 6.45) is 1.27. The highest BCUT2D eigenvalue weighted by Crippen LogP contribution is 2.17. The number of cyclic esters (lactones) is 1. The number of anilines is 1. The van der Waals surface area contributed by atoms with E-state index in [1.165, 1.54) is 6.08 Å². The number of ether oxygens (including phenoxy) is 1. The number of benzene rings is 1. The molecule has 0 saturated carbocycles. The number of carbonyl (C=O) groups is 2. The lowest BCUT2D eigenvalue weighted by molar-refractivity contribution is -0.134. The zero-order chi connectivity index (χ0) is 13.1. The van der Waals surface area contributed by atoms with Crippen LogP contribution >= 0.6 is 0 Å². The summed E-state index contributed by atoms with van der Waals surface area (Å²) < 4.78 is 4.69. The molecule has 0 atom stereocenters. The maximum absolute atomic E-state index is 11.7. The minimum absolute atomic E-state index is 0.110. The van der Waals surface area contributed by atoms with Crippen LogP contribution < -0.4 is 10.6 Å². The van der Waals surface area contributed by atoms with Gasteiger partial charge in [-0.1, -0.05) is 12.1 Å². The highest BCUT2D eigenvalue weighted by atomic mass is 16.5. The summed E-state index contributed by atoms with van der Waals surface area (Å²) in [5.41, 5.74) is 3.33. The lowest BCUT2D eigenvalue weighted by Crippen LogP contribution is -2.29. The fourth-order valence-electron chi connectivity index (χ4n) is 1.63. The van der Waals surface area contributed by atoms with Crippen molar-refractivity contribution in [2.75, 3.05) is 11.9 Å². The first kappa shape index (κ1) is 12.2. The zero-order valence-corrected chi connectivity index (χ0v) is 10.2. The summed E-state index contributed by atoms with van der Waals surface area (Å²) >= 11 is 0. The first-order valence-electron chi connectivity index (χ1n) is 5.58. The van der Waals surface area contributed by atoms with Crippen LogP contribution in [0, 0.1) is 13.8 Å². The second-order valence-corrected chi connectivity index (χ2v) is 4.10. The zero-order valence-electron chi connectivity index (χ0n) is 10.2. The highest BCUT2D eigenvalue weighted by molar-refractivity contribution is 5.93. The van der Waals surface area contributed by atoms with Gasteiger partial charge in [-0.05, 0) is 31.0 Å². The van der Waals surface area contributed by atoms with Gasteiger partial charge in [0, 0.05) is 11.8 Å². The van der Waals surface area contributed by atoms with Gasteiger partial charge < -0.3 is 15.4 Å². The largest absolute Gasteiger partial charge is 0.456 e. The Morgan fingerprint density at radius 1 is 1.28 bits per heavy atom. The van der Waals surface area contributed by atoms with E-state index in [-0.39, 0.29) is 12.6 Å². The van der Waals surface area contributed by atoms with Crippen LogP contribution in [-0.2, 0) is 9.53 Å². The quantitative estimate of drug-likeness (QED) is 0.783. The Balaban J connectivity index is 2.01. The van der Waals surface area contributed by atoms with Crippen LogP contribution in [0.4, 0.5) is 10.5 Å². The van der Waals surface area contributed by atoms with E-state index in [9.17, 15) is 9.59 Å². The van der Waals surface area contributed by atoms with Gasteiger partial charge in [0.05, 0.1) is 5.70 Å². The van der Waals surface area contributed by atoms with Crippen molar-refractivity contribution in [2.45, 2.75) is 13.8 Å². The summed E-state index contributed by atoms with van der Waals surface area (Å²) in [6, 6.07) is 5.30. The third kappa shape index (κ3) is 2.68. The highest BCUT2D eigenvalue weighted by Gasteiger charge is 2.15. The molecular formula is C13H14N2O3. The van der Waals surface area contributed by atoms with Crippen molar-refractivity contribution in [1.29, 1.82) is 0 Å². The van der Waals surface area contributed by atoms with Crippen LogP contribution in [0.3, 0.4) is 0 Å². The molecule has 1 aromatic carbocycles. The van der Waals surface area contributed by atoms with E-state index in [0.29, 0.717) is 5.70 Å². The minimum Gasteiger partial charge on any atom is -0.456 e. The first-order valence-corrected chi connectivity index (χ1v) is 5.58. The molecule has 0 aliphatic carbocycles. The van der Waals surface area contributed by atoms with Crippen molar-refractivity contribution < 1.29 is 14.3 Å². The van der Waals surface area contributed by atoms with Crippen LogP contribution in [0.15, 0.2) is 30.0 Å². The maximum Gasteiger partial charge on any atom is 0.333 e. The molecule has 2 amide bonds. The molecule has 2 rings (SSSR count). The lowest BCUT2D eigenvalue weighted by atomic mass is 10.1. The van der Waals surface area contributed by atoms with Crippen molar-refractivity contribution in [2.24, 2.45) is 0 Å². The number of nitrogens with one attached hydrogen (secondary N) is 2. The Morgan fingerprint density at radius 2 is 2.06 bits per heavy atom. The van der Waals surface area contributed by atoms with Crippen molar-refractivity contribution in [3.8, 4) is 0 Å². The number of urea groups is 1. The predicted octanol–water partition coefficient (Wildman–Crippen LogP) is 1.87. The average molecular weight is 246 g/mol. The summed E-state index contributed by atoms with van der Waals surface area (Å²) in [4.78, 5) is 22.5. The summed E-state index contributed by atoms with van der Waals surface area (Å²) in [5, 5.41) is 5.30. The third-order valence-electron chi connectivity index (χ3n) is 2.79.